The molecule has 0 aromatic rings. The lowest BCUT2D eigenvalue weighted by Crippen LogP contribution is -2.58. The van der Waals surface area contributed by atoms with Gasteiger partial charge in [-0.3, -0.25) is 4.90 Å². The van der Waals surface area contributed by atoms with Crippen molar-refractivity contribution in [2.45, 2.75) is 58.0 Å². The van der Waals surface area contributed by atoms with Gasteiger partial charge in [-0.05, 0) is 44.4 Å². The summed E-state index contributed by atoms with van der Waals surface area (Å²) in [5, 5.41) is 0. The molecule has 1 aliphatic carbocycles. The number of urea groups is 1. The number of nitrogens with two attached hydrogens (primary N) is 1. The maximum Gasteiger partial charge on any atom is 0.347 e. The zero-order valence-corrected chi connectivity index (χ0v) is 12.0. The van der Waals surface area contributed by atoms with E-state index in [0.29, 0.717) is 17.7 Å². The molecule has 0 aromatic heterocycles. The molecule has 0 bridgehead atoms. The fourth-order valence-corrected chi connectivity index (χ4v) is 3.46. The Morgan fingerprint density at radius 3 is 2.47 bits per heavy atom. The normalized spacial score (nSPS) is 32.6. The van der Waals surface area contributed by atoms with Crippen LogP contribution in [-0.4, -0.2) is 28.3 Å². The fourth-order valence-electron chi connectivity index (χ4n) is 3.46. The molecule has 1 aliphatic heterocycles. The number of terminal acetylenes is 1. The fraction of sp³-hybridized carbons (Fsp3) is 0.733. The summed E-state index contributed by atoms with van der Waals surface area (Å²) in [5.41, 5.74) is 5.64. The van der Waals surface area contributed by atoms with Gasteiger partial charge in [0, 0.05) is 0 Å². The molecule has 19 heavy (non-hydrogen) atoms. The predicted molar refractivity (Wildman–Crippen MR) is 76.7 cm³/mol. The van der Waals surface area contributed by atoms with Crippen molar-refractivity contribution in [2.75, 3.05) is 0 Å². The number of carbonyl (C=O) groups is 1. The molecule has 2 rings (SSSR count). The number of aliphatic imine (C=N–C) groups is 1. The second-order valence-corrected chi connectivity index (χ2v) is 6.11. The Hall–Kier alpha value is -1.50. The van der Waals surface area contributed by atoms with Gasteiger partial charge in [0.2, 0.25) is 0 Å². The minimum Gasteiger partial charge on any atom is -0.385 e. The standard InChI is InChI=1S/C15H23N3O/c1-5-11(4)18-14(19)17-13(16)15(18)8-6-12(7-9-15)10(2)3/h1,10-12H,6-9H2,2-4H3,(H2,16,17,19). The van der Waals surface area contributed by atoms with E-state index in [1.54, 1.807) is 4.90 Å². The lowest BCUT2D eigenvalue weighted by Gasteiger charge is -2.45. The van der Waals surface area contributed by atoms with Gasteiger partial charge in [-0.1, -0.05) is 19.8 Å². The van der Waals surface area contributed by atoms with Crippen LogP contribution in [0.15, 0.2) is 4.99 Å². The van der Waals surface area contributed by atoms with Gasteiger partial charge in [-0.15, -0.1) is 6.42 Å². The van der Waals surface area contributed by atoms with Gasteiger partial charge in [0.1, 0.15) is 11.4 Å². The van der Waals surface area contributed by atoms with Crippen molar-refractivity contribution in [2.24, 2.45) is 22.6 Å². The number of amidine groups is 1. The molecule has 1 atom stereocenters. The van der Waals surface area contributed by atoms with Crippen molar-refractivity contribution in [1.82, 2.24) is 4.90 Å². The Morgan fingerprint density at radius 1 is 1.42 bits per heavy atom. The molecule has 4 nitrogen and oxygen atoms in total. The topological polar surface area (TPSA) is 58.7 Å². The predicted octanol–water partition coefficient (Wildman–Crippen LogP) is 2.39. The van der Waals surface area contributed by atoms with Crippen LogP contribution in [0.25, 0.3) is 0 Å². The van der Waals surface area contributed by atoms with E-state index < -0.39 is 5.54 Å². The van der Waals surface area contributed by atoms with E-state index >= 15 is 0 Å². The van der Waals surface area contributed by atoms with Crippen molar-refractivity contribution in [3.63, 3.8) is 0 Å². The lowest BCUT2D eigenvalue weighted by molar-refractivity contribution is 0.104. The Morgan fingerprint density at radius 2 is 2.00 bits per heavy atom. The van der Waals surface area contributed by atoms with E-state index in [4.69, 9.17) is 12.2 Å². The number of nitrogens with zero attached hydrogens (tertiary/aromatic N) is 2. The highest BCUT2D eigenvalue weighted by atomic mass is 16.2. The number of carbonyl (C=O) groups excluding carboxylic acids is 1. The lowest BCUT2D eigenvalue weighted by atomic mass is 9.71. The summed E-state index contributed by atoms with van der Waals surface area (Å²) in [6.45, 7) is 6.37. The van der Waals surface area contributed by atoms with Crippen molar-refractivity contribution < 1.29 is 4.79 Å². The average molecular weight is 261 g/mol. The monoisotopic (exact) mass is 261 g/mol. The third kappa shape index (κ3) is 2.11. The number of amides is 2. The largest absolute Gasteiger partial charge is 0.385 e. The van der Waals surface area contributed by atoms with Crippen molar-refractivity contribution in [3.8, 4) is 12.3 Å². The van der Waals surface area contributed by atoms with Gasteiger partial charge < -0.3 is 5.73 Å². The van der Waals surface area contributed by atoms with Crippen molar-refractivity contribution in [1.29, 1.82) is 0 Å². The molecular formula is C15H23N3O. The Labute approximate surface area is 115 Å². The maximum atomic E-state index is 12.0. The molecule has 1 unspecified atom stereocenters. The van der Waals surface area contributed by atoms with Crippen LogP contribution in [0.3, 0.4) is 0 Å². The van der Waals surface area contributed by atoms with Gasteiger partial charge in [0.25, 0.3) is 0 Å². The second kappa shape index (κ2) is 4.88. The van der Waals surface area contributed by atoms with Crippen molar-refractivity contribution in [3.05, 3.63) is 0 Å². The van der Waals surface area contributed by atoms with Crippen LogP contribution in [0.5, 0.6) is 0 Å². The van der Waals surface area contributed by atoms with Crippen LogP contribution >= 0.6 is 0 Å². The summed E-state index contributed by atoms with van der Waals surface area (Å²) in [6.07, 6.45) is 9.40. The van der Waals surface area contributed by atoms with Gasteiger partial charge in [0.05, 0.1) is 6.04 Å². The summed E-state index contributed by atoms with van der Waals surface area (Å²) in [7, 11) is 0. The Kier molecular flexibility index (Phi) is 3.58. The van der Waals surface area contributed by atoms with Crippen molar-refractivity contribution >= 4 is 11.9 Å². The van der Waals surface area contributed by atoms with Gasteiger partial charge in [0.15, 0.2) is 0 Å². The highest BCUT2D eigenvalue weighted by Crippen LogP contribution is 2.42. The first-order chi connectivity index (χ1) is 8.92. The molecule has 4 heteroatoms. The van der Waals surface area contributed by atoms with Gasteiger partial charge >= 0.3 is 6.03 Å². The van der Waals surface area contributed by atoms with E-state index in [1.807, 2.05) is 6.92 Å². The molecule has 0 aromatic carbocycles. The Balaban J connectivity index is 2.24. The van der Waals surface area contributed by atoms with Gasteiger partial charge in [-0.25, -0.2) is 4.79 Å². The molecule has 2 aliphatic rings. The highest BCUT2D eigenvalue weighted by molar-refractivity contribution is 6.06. The van der Waals surface area contributed by atoms with Crippen LogP contribution in [0.4, 0.5) is 4.79 Å². The third-order valence-electron chi connectivity index (χ3n) is 4.79. The van der Waals surface area contributed by atoms with Crippen LogP contribution in [0, 0.1) is 24.2 Å². The first kappa shape index (κ1) is 13.9. The molecule has 2 amide bonds. The zero-order chi connectivity index (χ0) is 14.2. The van der Waals surface area contributed by atoms with Gasteiger partial charge in [-0.2, -0.15) is 4.99 Å². The molecule has 1 saturated carbocycles. The molecule has 1 fully saturated rings. The van der Waals surface area contributed by atoms with E-state index in [9.17, 15) is 4.79 Å². The van der Waals surface area contributed by atoms with Crippen LogP contribution in [-0.2, 0) is 0 Å². The smallest absolute Gasteiger partial charge is 0.347 e. The minimum absolute atomic E-state index is 0.257. The zero-order valence-electron chi connectivity index (χ0n) is 12.0. The molecule has 2 N–H and O–H groups in total. The SMILES string of the molecule is C#CC(C)N1C(=O)N=C(N)C12CCC(C(C)C)CC2. The van der Waals surface area contributed by atoms with E-state index in [-0.39, 0.29) is 12.1 Å². The highest BCUT2D eigenvalue weighted by Gasteiger charge is 2.51. The molecule has 0 radical (unpaired) electrons. The first-order valence-electron chi connectivity index (χ1n) is 7.06. The van der Waals surface area contributed by atoms with E-state index in [0.717, 1.165) is 25.7 Å². The average Bonchev–Trinajstić information content (AvgIpc) is 2.61. The van der Waals surface area contributed by atoms with E-state index in [1.165, 1.54) is 0 Å². The van der Waals surface area contributed by atoms with E-state index in [2.05, 4.69) is 24.8 Å². The number of hydrogen-bond donors (Lipinski definition) is 1. The number of rotatable bonds is 2. The van der Waals surface area contributed by atoms with Crippen LogP contribution < -0.4 is 5.73 Å². The summed E-state index contributed by atoms with van der Waals surface area (Å²) >= 11 is 0. The summed E-state index contributed by atoms with van der Waals surface area (Å²) in [4.78, 5) is 17.7. The molecule has 1 spiro atoms. The Bertz CT molecular complexity index is 439. The quantitative estimate of drug-likeness (QED) is 0.776. The first-order valence-corrected chi connectivity index (χ1v) is 7.06. The minimum atomic E-state index is -0.422. The molecule has 0 saturated heterocycles. The van der Waals surface area contributed by atoms with Crippen LogP contribution in [0.2, 0.25) is 0 Å². The summed E-state index contributed by atoms with van der Waals surface area (Å²) in [6, 6.07) is -0.529. The summed E-state index contributed by atoms with van der Waals surface area (Å²) < 4.78 is 0. The third-order valence-corrected chi connectivity index (χ3v) is 4.79. The summed E-state index contributed by atoms with van der Waals surface area (Å²) in [5.74, 6) is 4.48. The molecular weight excluding hydrogens is 238 g/mol. The molecule has 1 heterocycles. The maximum absolute atomic E-state index is 12.0. The molecule has 104 valence electrons. The number of hydrogen-bond acceptors (Lipinski definition) is 2. The van der Waals surface area contributed by atoms with Crippen LogP contribution in [0.1, 0.15) is 46.5 Å². The second-order valence-electron chi connectivity index (χ2n) is 6.11.